The number of carboxylic acids is 1. The predicted molar refractivity (Wildman–Crippen MR) is 106 cm³/mol. The van der Waals surface area contributed by atoms with Gasteiger partial charge in [-0.1, -0.05) is 6.07 Å². The van der Waals surface area contributed by atoms with Crippen molar-refractivity contribution < 1.29 is 33.4 Å². The third-order valence-electron chi connectivity index (χ3n) is 3.65. The first-order valence-corrected chi connectivity index (χ1v) is 9.04. The van der Waals surface area contributed by atoms with E-state index in [9.17, 15) is 23.9 Å². The molecule has 0 saturated heterocycles. The van der Waals surface area contributed by atoms with Crippen molar-refractivity contribution in [1.29, 1.82) is 0 Å². The Morgan fingerprint density at radius 2 is 1.57 bits per heavy atom. The number of anilines is 2. The van der Waals surface area contributed by atoms with Crippen LogP contribution in [0.5, 0.6) is 11.5 Å². The van der Waals surface area contributed by atoms with E-state index < -0.39 is 23.6 Å². The molecule has 9 heteroatoms. The lowest BCUT2D eigenvalue weighted by atomic mass is 10.2. The second kappa shape index (κ2) is 10.6. The molecule has 0 unspecified atom stereocenters. The number of nitrogens with one attached hydrogen (secondary N) is 2. The standard InChI is InChI=1S/C21H21FN2O6/c1-3-29-17-12-16(24-21(28)13-6-5-7-14(22)10-13)18(30-4-2)11-15(17)23-19(25)8-9-20(26)27/h5-12H,3-4H2,1-2H3,(H,23,25)(H,24,28)(H,26,27)/p-1/b9-8+. The Balaban J connectivity index is 2.37. The first kappa shape index (κ1) is 22.4. The molecule has 2 aromatic carbocycles. The zero-order chi connectivity index (χ0) is 22.1. The molecule has 0 aliphatic carbocycles. The number of carbonyl (C=O) groups excluding carboxylic acids is 3. The molecule has 0 saturated carbocycles. The number of ether oxygens (including phenoxy) is 2. The molecule has 0 heterocycles. The quantitative estimate of drug-likeness (QED) is 0.606. The van der Waals surface area contributed by atoms with Gasteiger partial charge in [-0.2, -0.15) is 0 Å². The summed E-state index contributed by atoms with van der Waals surface area (Å²) in [7, 11) is 0. The Morgan fingerprint density at radius 1 is 0.967 bits per heavy atom. The van der Waals surface area contributed by atoms with Gasteiger partial charge in [-0.3, -0.25) is 9.59 Å². The van der Waals surface area contributed by atoms with Crippen LogP contribution in [0, 0.1) is 5.82 Å². The lowest BCUT2D eigenvalue weighted by molar-refractivity contribution is -0.297. The zero-order valence-corrected chi connectivity index (χ0v) is 16.4. The zero-order valence-electron chi connectivity index (χ0n) is 16.4. The van der Waals surface area contributed by atoms with Gasteiger partial charge in [0, 0.05) is 23.8 Å². The summed E-state index contributed by atoms with van der Waals surface area (Å²) in [6, 6.07) is 8.07. The minimum Gasteiger partial charge on any atom is -0.545 e. The van der Waals surface area contributed by atoms with Gasteiger partial charge < -0.3 is 30.0 Å². The van der Waals surface area contributed by atoms with Crippen LogP contribution in [-0.2, 0) is 9.59 Å². The van der Waals surface area contributed by atoms with E-state index >= 15 is 0 Å². The highest BCUT2D eigenvalue weighted by molar-refractivity contribution is 6.06. The topological polar surface area (TPSA) is 117 Å². The summed E-state index contributed by atoms with van der Waals surface area (Å²) in [6.45, 7) is 3.97. The minimum atomic E-state index is -1.51. The summed E-state index contributed by atoms with van der Waals surface area (Å²) >= 11 is 0. The lowest BCUT2D eigenvalue weighted by Crippen LogP contribution is -2.20. The van der Waals surface area contributed by atoms with Crippen molar-refractivity contribution in [2.75, 3.05) is 23.8 Å². The number of rotatable bonds is 9. The smallest absolute Gasteiger partial charge is 0.255 e. The number of hydrogen-bond acceptors (Lipinski definition) is 6. The van der Waals surface area contributed by atoms with E-state index in [1.165, 1.54) is 30.3 Å². The first-order valence-electron chi connectivity index (χ1n) is 9.04. The van der Waals surface area contributed by atoms with Crippen LogP contribution in [0.2, 0.25) is 0 Å². The van der Waals surface area contributed by atoms with E-state index in [1.807, 2.05) is 0 Å². The van der Waals surface area contributed by atoms with Crippen LogP contribution in [0.3, 0.4) is 0 Å². The van der Waals surface area contributed by atoms with E-state index in [0.29, 0.717) is 6.08 Å². The minimum absolute atomic E-state index is 0.111. The number of aliphatic carboxylic acids is 1. The van der Waals surface area contributed by atoms with Gasteiger partial charge in [0.25, 0.3) is 5.91 Å². The van der Waals surface area contributed by atoms with Crippen LogP contribution in [-0.4, -0.2) is 31.0 Å². The number of carboxylic acid groups (broad SMARTS) is 1. The molecule has 2 N–H and O–H groups in total. The molecule has 0 spiro atoms. The number of halogens is 1. The van der Waals surface area contributed by atoms with Crippen LogP contribution in [0.25, 0.3) is 0 Å². The average Bonchev–Trinajstić information content (AvgIpc) is 2.69. The SMILES string of the molecule is CCOc1cc(NC(=O)c2cccc(F)c2)c(OCC)cc1NC(=O)/C=C/C(=O)[O-]. The van der Waals surface area contributed by atoms with Gasteiger partial charge in [-0.25, -0.2) is 4.39 Å². The molecule has 0 aliphatic heterocycles. The molecule has 158 valence electrons. The first-order chi connectivity index (χ1) is 14.3. The molecule has 0 atom stereocenters. The number of amides is 2. The van der Waals surface area contributed by atoms with Crippen molar-refractivity contribution in [2.45, 2.75) is 13.8 Å². The van der Waals surface area contributed by atoms with Crippen molar-refractivity contribution >= 4 is 29.2 Å². The summed E-state index contributed by atoms with van der Waals surface area (Å²) in [5, 5.41) is 15.6. The molecule has 30 heavy (non-hydrogen) atoms. The Labute approximate surface area is 172 Å². The van der Waals surface area contributed by atoms with Crippen LogP contribution in [0.15, 0.2) is 48.6 Å². The maximum Gasteiger partial charge on any atom is 0.255 e. The summed E-state index contributed by atoms with van der Waals surface area (Å²) in [4.78, 5) is 34.9. The van der Waals surface area contributed by atoms with Crippen molar-refractivity contribution in [3.63, 3.8) is 0 Å². The summed E-state index contributed by atoms with van der Waals surface area (Å²) in [5.74, 6) is -2.91. The predicted octanol–water partition coefficient (Wildman–Crippen LogP) is 2.12. The van der Waals surface area contributed by atoms with Gasteiger partial charge in [-0.15, -0.1) is 0 Å². The number of hydrogen-bond donors (Lipinski definition) is 2. The van der Waals surface area contributed by atoms with Gasteiger partial charge in [0.1, 0.15) is 17.3 Å². The molecule has 0 fully saturated rings. The molecule has 2 amide bonds. The fraction of sp³-hybridized carbons (Fsp3) is 0.190. The molecule has 0 aliphatic rings. The Morgan fingerprint density at radius 3 is 2.10 bits per heavy atom. The third-order valence-corrected chi connectivity index (χ3v) is 3.65. The van der Waals surface area contributed by atoms with Gasteiger partial charge in [0.2, 0.25) is 5.91 Å². The van der Waals surface area contributed by atoms with Crippen LogP contribution in [0.1, 0.15) is 24.2 Å². The monoisotopic (exact) mass is 415 g/mol. The van der Waals surface area contributed by atoms with Gasteiger partial charge >= 0.3 is 0 Å². The Bertz CT molecular complexity index is 974. The largest absolute Gasteiger partial charge is 0.545 e. The van der Waals surface area contributed by atoms with Crippen LogP contribution < -0.4 is 25.2 Å². The molecular weight excluding hydrogens is 395 g/mol. The van der Waals surface area contributed by atoms with E-state index in [1.54, 1.807) is 13.8 Å². The van der Waals surface area contributed by atoms with Gasteiger partial charge in [0.05, 0.1) is 30.6 Å². The molecule has 0 radical (unpaired) electrons. The highest BCUT2D eigenvalue weighted by atomic mass is 19.1. The van der Waals surface area contributed by atoms with E-state index in [2.05, 4.69) is 10.6 Å². The van der Waals surface area contributed by atoms with Crippen molar-refractivity contribution in [1.82, 2.24) is 0 Å². The number of benzene rings is 2. The highest BCUT2D eigenvalue weighted by Gasteiger charge is 2.16. The van der Waals surface area contributed by atoms with E-state index in [4.69, 9.17) is 9.47 Å². The van der Waals surface area contributed by atoms with Gasteiger partial charge in [-0.05, 0) is 38.1 Å². The molecular formula is C21H20FN2O6-. The lowest BCUT2D eigenvalue weighted by Gasteiger charge is -2.17. The van der Waals surface area contributed by atoms with E-state index in [0.717, 1.165) is 12.1 Å². The molecule has 0 aromatic heterocycles. The van der Waals surface area contributed by atoms with Crippen molar-refractivity contribution in [3.05, 3.63) is 59.9 Å². The fourth-order valence-electron chi connectivity index (χ4n) is 2.45. The van der Waals surface area contributed by atoms with Crippen LogP contribution >= 0.6 is 0 Å². The Hall–Kier alpha value is -3.88. The van der Waals surface area contributed by atoms with Crippen molar-refractivity contribution in [3.8, 4) is 11.5 Å². The van der Waals surface area contributed by atoms with Crippen molar-refractivity contribution in [2.24, 2.45) is 0 Å². The summed E-state index contributed by atoms with van der Waals surface area (Å²) < 4.78 is 24.4. The van der Waals surface area contributed by atoms with Gasteiger partial charge in [0.15, 0.2) is 0 Å². The summed E-state index contributed by atoms with van der Waals surface area (Å²) in [6.07, 6.45) is 1.39. The average molecular weight is 415 g/mol. The molecule has 2 rings (SSSR count). The second-order valence-corrected chi connectivity index (χ2v) is 5.82. The third kappa shape index (κ3) is 6.33. The normalized spacial score (nSPS) is 10.5. The molecule has 0 bridgehead atoms. The fourth-order valence-corrected chi connectivity index (χ4v) is 2.45. The highest BCUT2D eigenvalue weighted by Crippen LogP contribution is 2.37. The van der Waals surface area contributed by atoms with E-state index in [-0.39, 0.29) is 41.7 Å². The second-order valence-electron chi connectivity index (χ2n) is 5.82. The number of carbonyl (C=O) groups is 3. The maximum absolute atomic E-state index is 13.4. The molecule has 2 aromatic rings. The molecule has 8 nitrogen and oxygen atoms in total. The van der Waals surface area contributed by atoms with Crippen LogP contribution in [0.4, 0.5) is 15.8 Å². The maximum atomic E-state index is 13.4. The summed E-state index contributed by atoms with van der Waals surface area (Å²) in [5.41, 5.74) is 0.565. The Kier molecular flexibility index (Phi) is 7.92.